The standard InChI is InChI=1S/C22H33N2O3/c1-6-22(2,3)14-17(16-10-8-7-9-11-16)21(26)23-20-18(25)15-27-19(20)12-13-24(4)5/h7-11,17,19-20H,1,6,12-15H2,2-5H3,(H,23,26). The molecule has 0 spiro atoms. The van der Waals surface area contributed by atoms with Crippen LogP contribution in [0.3, 0.4) is 0 Å². The summed E-state index contributed by atoms with van der Waals surface area (Å²) < 4.78 is 5.64. The van der Waals surface area contributed by atoms with Gasteiger partial charge in [-0.2, -0.15) is 0 Å². The van der Waals surface area contributed by atoms with E-state index in [2.05, 4.69) is 31.0 Å². The van der Waals surface area contributed by atoms with Crippen molar-refractivity contribution in [1.82, 2.24) is 10.2 Å². The molecule has 1 radical (unpaired) electrons. The number of amides is 1. The molecule has 3 unspecified atom stereocenters. The van der Waals surface area contributed by atoms with Gasteiger partial charge in [-0.1, -0.05) is 51.1 Å². The topological polar surface area (TPSA) is 58.6 Å². The van der Waals surface area contributed by atoms with Gasteiger partial charge in [0, 0.05) is 6.54 Å². The van der Waals surface area contributed by atoms with Crippen LogP contribution < -0.4 is 5.32 Å². The van der Waals surface area contributed by atoms with Gasteiger partial charge in [-0.15, -0.1) is 0 Å². The zero-order chi connectivity index (χ0) is 20.0. The van der Waals surface area contributed by atoms with Crippen LogP contribution in [-0.4, -0.2) is 56.0 Å². The van der Waals surface area contributed by atoms with Gasteiger partial charge in [0.25, 0.3) is 0 Å². The van der Waals surface area contributed by atoms with Crippen molar-refractivity contribution in [2.45, 2.75) is 51.2 Å². The first-order valence-corrected chi connectivity index (χ1v) is 9.67. The highest BCUT2D eigenvalue weighted by Gasteiger charge is 2.38. The van der Waals surface area contributed by atoms with Gasteiger partial charge < -0.3 is 15.0 Å². The predicted octanol–water partition coefficient (Wildman–Crippen LogP) is 2.82. The Morgan fingerprint density at radius 2 is 2.00 bits per heavy atom. The van der Waals surface area contributed by atoms with Crippen molar-refractivity contribution in [3.63, 3.8) is 0 Å². The van der Waals surface area contributed by atoms with Gasteiger partial charge in [0.15, 0.2) is 5.78 Å². The lowest BCUT2D eigenvalue weighted by Crippen LogP contribution is -2.47. The minimum atomic E-state index is -0.563. The molecule has 27 heavy (non-hydrogen) atoms. The lowest BCUT2D eigenvalue weighted by atomic mass is 9.77. The van der Waals surface area contributed by atoms with E-state index < -0.39 is 6.04 Å². The zero-order valence-corrected chi connectivity index (χ0v) is 17.0. The van der Waals surface area contributed by atoms with Crippen molar-refractivity contribution in [2.75, 3.05) is 27.2 Å². The fraction of sp³-hybridized carbons (Fsp3) is 0.591. The summed E-state index contributed by atoms with van der Waals surface area (Å²) in [5.74, 6) is -0.470. The van der Waals surface area contributed by atoms with Crippen LogP contribution in [-0.2, 0) is 14.3 Å². The van der Waals surface area contributed by atoms with Crippen molar-refractivity contribution < 1.29 is 14.3 Å². The molecule has 1 saturated heterocycles. The van der Waals surface area contributed by atoms with Crippen LogP contribution in [0.15, 0.2) is 30.3 Å². The quantitative estimate of drug-likeness (QED) is 0.723. The Morgan fingerprint density at radius 3 is 2.59 bits per heavy atom. The molecular formula is C22H33N2O3. The first-order valence-electron chi connectivity index (χ1n) is 9.67. The molecule has 3 atom stereocenters. The first-order chi connectivity index (χ1) is 12.7. The third-order valence-electron chi connectivity index (χ3n) is 5.27. The van der Waals surface area contributed by atoms with Crippen molar-refractivity contribution >= 4 is 11.7 Å². The minimum Gasteiger partial charge on any atom is -0.368 e. The zero-order valence-electron chi connectivity index (χ0n) is 17.0. The highest BCUT2D eigenvalue weighted by molar-refractivity contribution is 5.93. The van der Waals surface area contributed by atoms with Gasteiger partial charge in [-0.3, -0.25) is 9.59 Å². The summed E-state index contributed by atoms with van der Waals surface area (Å²) in [6.07, 6.45) is 1.86. The largest absolute Gasteiger partial charge is 0.368 e. The van der Waals surface area contributed by atoms with Crippen molar-refractivity contribution in [1.29, 1.82) is 0 Å². The second kappa shape index (κ2) is 9.47. The number of ketones is 1. The van der Waals surface area contributed by atoms with E-state index in [9.17, 15) is 9.59 Å². The van der Waals surface area contributed by atoms with Crippen LogP contribution >= 0.6 is 0 Å². The molecule has 0 aromatic heterocycles. The fourth-order valence-electron chi connectivity index (χ4n) is 3.35. The van der Waals surface area contributed by atoms with Crippen LogP contribution in [0.5, 0.6) is 0 Å². The number of ether oxygens (including phenoxy) is 1. The second-order valence-corrected chi connectivity index (χ2v) is 8.48. The van der Waals surface area contributed by atoms with E-state index in [4.69, 9.17) is 4.74 Å². The summed E-state index contributed by atoms with van der Waals surface area (Å²) in [4.78, 5) is 27.5. The molecule has 0 bridgehead atoms. The maximum Gasteiger partial charge on any atom is 0.228 e. The molecule has 1 fully saturated rings. The van der Waals surface area contributed by atoms with E-state index >= 15 is 0 Å². The molecule has 1 amide bonds. The van der Waals surface area contributed by atoms with Gasteiger partial charge in [-0.25, -0.2) is 0 Å². The van der Waals surface area contributed by atoms with E-state index in [1.54, 1.807) is 0 Å². The Labute approximate surface area is 163 Å². The minimum absolute atomic E-state index is 0.0460. The Kier molecular flexibility index (Phi) is 7.57. The Balaban J connectivity index is 2.15. The average Bonchev–Trinajstić information content (AvgIpc) is 2.98. The van der Waals surface area contributed by atoms with Crippen LogP contribution in [0.1, 0.15) is 44.6 Å². The van der Waals surface area contributed by atoms with Crippen LogP contribution in [0.4, 0.5) is 0 Å². The number of nitrogens with one attached hydrogen (secondary N) is 1. The maximum atomic E-state index is 13.2. The van der Waals surface area contributed by atoms with E-state index in [0.717, 1.165) is 18.5 Å². The Bertz CT molecular complexity index is 628. The maximum absolute atomic E-state index is 13.2. The lowest BCUT2D eigenvalue weighted by molar-refractivity contribution is -0.127. The van der Waals surface area contributed by atoms with Crippen molar-refractivity contribution in [3.05, 3.63) is 42.8 Å². The molecular weight excluding hydrogens is 340 g/mol. The monoisotopic (exact) mass is 373 g/mol. The third-order valence-corrected chi connectivity index (χ3v) is 5.27. The summed E-state index contributed by atoms with van der Waals surface area (Å²) in [6, 6.07) is 9.20. The number of hydrogen-bond acceptors (Lipinski definition) is 4. The molecule has 1 aromatic rings. The lowest BCUT2D eigenvalue weighted by Gasteiger charge is -2.29. The van der Waals surface area contributed by atoms with Gasteiger partial charge >= 0.3 is 0 Å². The summed E-state index contributed by atoms with van der Waals surface area (Å²) in [7, 11) is 3.97. The van der Waals surface area contributed by atoms with Gasteiger partial charge in [0.1, 0.15) is 12.6 Å². The number of carbonyl (C=O) groups is 2. The molecule has 1 aromatic carbocycles. The summed E-state index contributed by atoms with van der Waals surface area (Å²) in [5.41, 5.74) is 0.894. The van der Waals surface area contributed by atoms with E-state index in [0.29, 0.717) is 12.8 Å². The van der Waals surface area contributed by atoms with E-state index in [1.807, 2.05) is 44.4 Å². The predicted molar refractivity (Wildman–Crippen MR) is 107 cm³/mol. The third kappa shape index (κ3) is 6.15. The SMILES string of the molecule is [CH2]CC(C)(C)CC(C(=O)NC1C(=O)COC1CCN(C)C)c1ccccc1. The highest BCUT2D eigenvalue weighted by atomic mass is 16.5. The van der Waals surface area contributed by atoms with Crippen LogP contribution in [0.25, 0.3) is 0 Å². The summed E-state index contributed by atoms with van der Waals surface area (Å²) in [5, 5.41) is 3.00. The molecule has 149 valence electrons. The molecule has 0 saturated carbocycles. The number of rotatable bonds is 9. The van der Waals surface area contributed by atoms with Crippen LogP contribution in [0, 0.1) is 12.3 Å². The number of Topliss-reactive ketones (excluding diaryl/α,β-unsaturated/α-hetero) is 1. The Hall–Kier alpha value is -1.72. The highest BCUT2D eigenvalue weighted by Crippen LogP contribution is 2.34. The summed E-state index contributed by atoms with van der Waals surface area (Å²) in [6.45, 7) is 9.14. The molecule has 5 nitrogen and oxygen atoms in total. The average molecular weight is 374 g/mol. The van der Waals surface area contributed by atoms with E-state index in [1.165, 1.54) is 0 Å². The first kappa shape index (κ1) is 21.6. The molecule has 1 N–H and O–H groups in total. The molecule has 1 aliphatic rings. The molecule has 1 heterocycles. The van der Waals surface area contributed by atoms with Crippen LogP contribution in [0.2, 0.25) is 0 Å². The van der Waals surface area contributed by atoms with Gasteiger partial charge in [0.05, 0.1) is 12.0 Å². The molecule has 5 heteroatoms. The van der Waals surface area contributed by atoms with Crippen molar-refractivity contribution in [2.24, 2.45) is 5.41 Å². The summed E-state index contributed by atoms with van der Waals surface area (Å²) >= 11 is 0. The van der Waals surface area contributed by atoms with E-state index in [-0.39, 0.29) is 35.7 Å². The fourth-order valence-corrected chi connectivity index (χ4v) is 3.35. The number of carbonyl (C=O) groups excluding carboxylic acids is 2. The number of nitrogens with zero attached hydrogens (tertiary/aromatic N) is 1. The van der Waals surface area contributed by atoms with Gasteiger partial charge in [-0.05, 0) is 44.3 Å². The smallest absolute Gasteiger partial charge is 0.228 e. The van der Waals surface area contributed by atoms with Crippen molar-refractivity contribution in [3.8, 4) is 0 Å². The number of hydrogen-bond donors (Lipinski definition) is 1. The molecule has 1 aliphatic heterocycles. The molecule has 0 aliphatic carbocycles. The van der Waals surface area contributed by atoms with Gasteiger partial charge in [0.2, 0.25) is 5.91 Å². The second-order valence-electron chi connectivity index (χ2n) is 8.48. The number of benzene rings is 1. The Morgan fingerprint density at radius 1 is 1.33 bits per heavy atom. The molecule has 2 rings (SSSR count). The normalized spacial score (nSPS) is 21.5.